The number of nitrogens with two attached hydrogens (primary N) is 1. The Morgan fingerprint density at radius 3 is 2.75 bits per heavy atom. The molecule has 0 aromatic heterocycles. The van der Waals surface area contributed by atoms with Crippen molar-refractivity contribution < 1.29 is 9.13 Å². The second-order valence-electron chi connectivity index (χ2n) is 4.50. The fourth-order valence-corrected chi connectivity index (χ4v) is 1.96. The molecule has 1 saturated heterocycles. The van der Waals surface area contributed by atoms with Crippen LogP contribution in [0.3, 0.4) is 0 Å². The van der Waals surface area contributed by atoms with Crippen molar-refractivity contribution in [3.63, 3.8) is 0 Å². The molecule has 0 aliphatic carbocycles. The minimum absolute atomic E-state index is 0.200. The van der Waals surface area contributed by atoms with Gasteiger partial charge < -0.3 is 10.5 Å². The molecule has 88 valence electrons. The Labute approximate surface area is 95.0 Å². The van der Waals surface area contributed by atoms with E-state index in [9.17, 15) is 4.39 Å². The van der Waals surface area contributed by atoms with E-state index in [1.807, 2.05) is 6.92 Å². The van der Waals surface area contributed by atoms with Gasteiger partial charge in [-0.15, -0.1) is 0 Å². The van der Waals surface area contributed by atoms with Gasteiger partial charge in [0.1, 0.15) is 11.5 Å². The number of nitrogens with zero attached hydrogens (tertiary/aromatic N) is 1. The topological polar surface area (TPSA) is 38.5 Å². The van der Waals surface area contributed by atoms with Crippen LogP contribution in [0.5, 0.6) is 0 Å². The molecular weight excluding hydrogens is 207 g/mol. The van der Waals surface area contributed by atoms with Crippen molar-refractivity contribution in [1.29, 1.82) is 0 Å². The van der Waals surface area contributed by atoms with E-state index in [1.165, 1.54) is 12.1 Å². The fourth-order valence-electron chi connectivity index (χ4n) is 1.96. The zero-order valence-electron chi connectivity index (χ0n) is 9.45. The highest BCUT2D eigenvalue weighted by molar-refractivity contribution is 5.16. The highest BCUT2D eigenvalue weighted by Crippen LogP contribution is 2.14. The van der Waals surface area contributed by atoms with E-state index in [2.05, 4.69) is 4.90 Å². The lowest BCUT2D eigenvalue weighted by molar-refractivity contribution is -0.0960. The smallest absolute Gasteiger partial charge is 0.126 e. The molecule has 2 N–H and O–H groups in total. The van der Waals surface area contributed by atoms with Crippen molar-refractivity contribution in [2.75, 3.05) is 19.7 Å². The van der Waals surface area contributed by atoms with Crippen molar-refractivity contribution in [1.82, 2.24) is 4.90 Å². The van der Waals surface area contributed by atoms with Crippen LogP contribution < -0.4 is 5.73 Å². The van der Waals surface area contributed by atoms with Gasteiger partial charge in [0, 0.05) is 19.6 Å². The Morgan fingerprint density at radius 1 is 1.44 bits per heavy atom. The van der Waals surface area contributed by atoms with Gasteiger partial charge in [0.05, 0.1) is 6.61 Å². The summed E-state index contributed by atoms with van der Waals surface area (Å²) >= 11 is 0. The number of hydrogen-bond donors (Lipinski definition) is 1. The van der Waals surface area contributed by atoms with Crippen LogP contribution in [0.4, 0.5) is 4.39 Å². The summed E-state index contributed by atoms with van der Waals surface area (Å²) in [5.74, 6) is -0.200. The van der Waals surface area contributed by atoms with Gasteiger partial charge in [-0.3, -0.25) is 4.90 Å². The van der Waals surface area contributed by atoms with Crippen LogP contribution in [0.2, 0.25) is 0 Å². The maximum atomic E-state index is 12.7. The number of benzene rings is 1. The first-order valence-corrected chi connectivity index (χ1v) is 5.45. The van der Waals surface area contributed by atoms with E-state index >= 15 is 0 Å². The summed E-state index contributed by atoms with van der Waals surface area (Å²) < 4.78 is 18.2. The van der Waals surface area contributed by atoms with Gasteiger partial charge in [0.2, 0.25) is 0 Å². The zero-order valence-corrected chi connectivity index (χ0v) is 9.45. The molecule has 4 heteroatoms. The van der Waals surface area contributed by atoms with Crippen LogP contribution in [0.25, 0.3) is 0 Å². The molecule has 2 rings (SSSR count). The van der Waals surface area contributed by atoms with Crippen molar-refractivity contribution in [3.05, 3.63) is 35.6 Å². The SMILES string of the molecule is CC1(N)CN(Cc2ccc(F)cc2)CCO1. The van der Waals surface area contributed by atoms with E-state index in [1.54, 1.807) is 12.1 Å². The predicted octanol–water partition coefficient (Wildman–Crippen LogP) is 1.33. The third-order valence-corrected chi connectivity index (χ3v) is 2.70. The third-order valence-electron chi connectivity index (χ3n) is 2.70. The molecule has 0 radical (unpaired) electrons. The van der Waals surface area contributed by atoms with E-state index in [4.69, 9.17) is 10.5 Å². The van der Waals surface area contributed by atoms with E-state index in [0.29, 0.717) is 13.2 Å². The van der Waals surface area contributed by atoms with Crippen LogP contribution in [0.15, 0.2) is 24.3 Å². The second kappa shape index (κ2) is 4.49. The van der Waals surface area contributed by atoms with Gasteiger partial charge >= 0.3 is 0 Å². The number of hydrogen-bond acceptors (Lipinski definition) is 3. The molecule has 1 aliphatic heterocycles. The van der Waals surface area contributed by atoms with Crippen LogP contribution >= 0.6 is 0 Å². The summed E-state index contributed by atoms with van der Waals surface area (Å²) in [7, 11) is 0. The molecule has 1 fully saturated rings. The second-order valence-corrected chi connectivity index (χ2v) is 4.50. The molecule has 0 spiro atoms. The van der Waals surface area contributed by atoms with Crippen molar-refractivity contribution in [2.45, 2.75) is 19.2 Å². The zero-order chi connectivity index (χ0) is 11.6. The lowest BCUT2D eigenvalue weighted by Crippen LogP contribution is -2.55. The average molecular weight is 224 g/mol. The van der Waals surface area contributed by atoms with Crippen molar-refractivity contribution >= 4 is 0 Å². The Balaban J connectivity index is 1.97. The van der Waals surface area contributed by atoms with Gasteiger partial charge in [0.15, 0.2) is 0 Å². The lowest BCUT2D eigenvalue weighted by atomic mass is 10.1. The summed E-state index contributed by atoms with van der Waals surface area (Å²) in [5, 5.41) is 0. The number of halogens is 1. The number of rotatable bonds is 2. The Bertz CT molecular complexity index is 351. The quantitative estimate of drug-likeness (QED) is 0.823. The van der Waals surface area contributed by atoms with Crippen molar-refractivity contribution in [3.8, 4) is 0 Å². The number of morpholine rings is 1. The van der Waals surface area contributed by atoms with Gasteiger partial charge in [-0.25, -0.2) is 4.39 Å². The first-order chi connectivity index (χ1) is 7.55. The van der Waals surface area contributed by atoms with E-state index < -0.39 is 5.72 Å². The lowest BCUT2D eigenvalue weighted by Gasteiger charge is -2.37. The maximum Gasteiger partial charge on any atom is 0.126 e. The first kappa shape index (κ1) is 11.5. The molecule has 16 heavy (non-hydrogen) atoms. The molecule has 1 heterocycles. The van der Waals surface area contributed by atoms with Gasteiger partial charge in [0.25, 0.3) is 0 Å². The fraction of sp³-hybridized carbons (Fsp3) is 0.500. The Kier molecular flexibility index (Phi) is 3.23. The summed E-state index contributed by atoms with van der Waals surface area (Å²) in [5.41, 5.74) is 6.45. The van der Waals surface area contributed by atoms with Crippen molar-refractivity contribution in [2.24, 2.45) is 5.73 Å². The molecule has 1 unspecified atom stereocenters. The van der Waals surface area contributed by atoms with E-state index in [0.717, 1.165) is 18.7 Å². The predicted molar refractivity (Wildman–Crippen MR) is 60.2 cm³/mol. The number of ether oxygens (including phenoxy) is 1. The first-order valence-electron chi connectivity index (χ1n) is 5.45. The third kappa shape index (κ3) is 3.01. The Hall–Kier alpha value is -0.970. The molecule has 1 atom stereocenters. The molecule has 3 nitrogen and oxygen atoms in total. The molecular formula is C12H17FN2O. The van der Waals surface area contributed by atoms with Crippen LogP contribution in [-0.4, -0.2) is 30.3 Å². The highest BCUT2D eigenvalue weighted by atomic mass is 19.1. The monoisotopic (exact) mass is 224 g/mol. The summed E-state index contributed by atoms with van der Waals surface area (Å²) in [4.78, 5) is 2.22. The molecule has 1 aromatic carbocycles. The maximum absolute atomic E-state index is 12.7. The highest BCUT2D eigenvalue weighted by Gasteiger charge is 2.27. The Morgan fingerprint density at radius 2 is 2.12 bits per heavy atom. The van der Waals surface area contributed by atoms with Crippen LogP contribution in [0, 0.1) is 5.82 Å². The minimum Gasteiger partial charge on any atom is -0.358 e. The molecule has 1 aliphatic rings. The molecule has 0 saturated carbocycles. The summed E-state index contributed by atoms with van der Waals surface area (Å²) in [6, 6.07) is 6.58. The van der Waals surface area contributed by atoms with Crippen LogP contribution in [-0.2, 0) is 11.3 Å². The largest absolute Gasteiger partial charge is 0.358 e. The molecule has 1 aromatic rings. The standard InChI is InChI=1S/C12H17FN2O/c1-12(14)9-15(6-7-16-12)8-10-2-4-11(13)5-3-10/h2-5H,6-9,14H2,1H3. The summed E-state index contributed by atoms with van der Waals surface area (Å²) in [6.07, 6.45) is 0. The molecule has 0 amide bonds. The minimum atomic E-state index is -0.571. The summed E-state index contributed by atoms with van der Waals surface area (Å²) in [6.45, 7) is 4.88. The average Bonchev–Trinajstić information content (AvgIpc) is 2.20. The normalized spacial score (nSPS) is 26.9. The van der Waals surface area contributed by atoms with Gasteiger partial charge in [-0.2, -0.15) is 0 Å². The van der Waals surface area contributed by atoms with E-state index in [-0.39, 0.29) is 5.82 Å². The van der Waals surface area contributed by atoms with Crippen LogP contribution in [0.1, 0.15) is 12.5 Å². The van der Waals surface area contributed by atoms with Gasteiger partial charge in [-0.05, 0) is 24.6 Å². The molecule has 0 bridgehead atoms. The van der Waals surface area contributed by atoms with Gasteiger partial charge in [-0.1, -0.05) is 12.1 Å².